The van der Waals surface area contributed by atoms with Gasteiger partial charge >= 0.3 is 23.5 Å². The van der Waals surface area contributed by atoms with Crippen LogP contribution in [0.1, 0.15) is 32.1 Å². The van der Waals surface area contributed by atoms with Gasteiger partial charge < -0.3 is 61.2 Å². The van der Waals surface area contributed by atoms with Crippen molar-refractivity contribution in [3.63, 3.8) is 0 Å². The third kappa shape index (κ3) is 14.2. The molecule has 7 atom stereocenters. The molecule has 1 aliphatic heterocycles. The summed E-state index contributed by atoms with van der Waals surface area (Å²) in [5, 5.41) is 31.8. The molecule has 1 aliphatic rings. The van der Waals surface area contributed by atoms with Gasteiger partial charge in [-0.2, -0.15) is 4.31 Å². The van der Waals surface area contributed by atoms with Crippen LogP contribution >= 0.6 is 35.2 Å². The number of para-hydroxylation sites is 1. The molecule has 346 valence electrons. The van der Waals surface area contributed by atoms with Gasteiger partial charge in [-0.1, -0.05) is 32.0 Å². The molecule has 0 saturated carbocycles. The second-order valence-electron chi connectivity index (χ2n) is 14.4. The monoisotopic (exact) mass is 965 g/mol. The molecule has 1 saturated heterocycles. The first kappa shape index (κ1) is 49.9. The Morgan fingerprint density at radius 1 is 1.05 bits per heavy atom. The number of ether oxygens (including phenoxy) is 1. The summed E-state index contributed by atoms with van der Waals surface area (Å²) in [4.78, 5) is 91.3. The number of thioether (sulfide) groups is 1. The number of carbonyl (C=O) groups is 3. The van der Waals surface area contributed by atoms with Gasteiger partial charge in [0.1, 0.15) is 36.3 Å². The number of phosphoric acid groups is 3. The third-order valence-electron chi connectivity index (χ3n) is 9.09. The fourth-order valence-electron chi connectivity index (χ4n) is 5.95. The minimum absolute atomic E-state index is 0.0269. The predicted molar refractivity (Wildman–Crippen MR) is 221 cm³/mol. The van der Waals surface area contributed by atoms with Gasteiger partial charge in [-0.3, -0.25) is 32.5 Å². The molecule has 0 radical (unpaired) electrons. The number of aliphatic hydroxyl groups is 2. The minimum Gasteiger partial charge on any atom is -0.386 e. The van der Waals surface area contributed by atoms with Crippen LogP contribution in [0.4, 0.5) is 5.82 Å². The van der Waals surface area contributed by atoms with Gasteiger partial charge in [0.05, 0.1) is 25.3 Å². The van der Waals surface area contributed by atoms with Crippen molar-refractivity contribution in [3.8, 4) is 0 Å². The van der Waals surface area contributed by atoms with Gasteiger partial charge in [-0.25, -0.2) is 28.6 Å². The Labute approximate surface area is 361 Å². The van der Waals surface area contributed by atoms with E-state index in [0.717, 1.165) is 45.5 Å². The van der Waals surface area contributed by atoms with E-state index in [9.17, 15) is 57.9 Å². The normalized spacial score (nSPS) is 20.7. The van der Waals surface area contributed by atoms with Crippen LogP contribution < -0.4 is 21.7 Å². The fraction of sp³-hybridized carbons (Fsp3) is 0.455. The molecule has 5 rings (SSSR count). The Kier molecular flexibility index (Phi) is 16.8. The van der Waals surface area contributed by atoms with Crippen molar-refractivity contribution in [2.75, 3.05) is 37.8 Å². The van der Waals surface area contributed by atoms with Crippen molar-refractivity contribution in [1.29, 1.82) is 0 Å². The largest absolute Gasteiger partial charge is 0.481 e. The number of nitrogens with two attached hydrogens (primary N) is 1. The van der Waals surface area contributed by atoms with Crippen LogP contribution in [0.25, 0.3) is 22.1 Å². The van der Waals surface area contributed by atoms with Crippen molar-refractivity contribution in [2.45, 2.75) is 57.3 Å². The van der Waals surface area contributed by atoms with Crippen molar-refractivity contribution in [3.05, 3.63) is 60.3 Å². The number of carbonyl (C=O) groups excluding carboxylic acids is 3. The van der Waals surface area contributed by atoms with Crippen LogP contribution in [0, 0.1) is 5.41 Å². The first-order valence-electron chi connectivity index (χ1n) is 18.6. The summed E-state index contributed by atoms with van der Waals surface area (Å²) in [6.07, 6.45) is -3.12. The van der Waals surface area contributed by atoms with Crippen molar-refractivity contribution in [2.24, 2.45) is 5.41 Å². The van der Waals surface area contributed by atoms with Crippen LogP contribution in [-0.4, -0.2) is 128 Å². The molecule has 30 heteroatoms. The number of aromatic amines is 1. The lowest BCUT2D eigenvalue weighted by atomic mass is 9.87. The molecule has 3 aromatic heterocycles. The zero-order valence-electron chi connectivity index (χ0n) is 33.3. The summed E-state index contributed by atoms with van der Waals surface area (Å²) < 4.78 is 62.3. The Bertz CT molecular complexity index is 2430. The van der Waals surface area contributed by atoms with Crippen LogP contribution in [-0.2, 0) is 57.1 Å². The van der Waals surface area contributed by atoms with E-state index in [4.69, 9.17) is 19.5 Å². The lowest BCUT2D eigenvalue weighted by molar-refractivity contribution is -0.137. The van der Waals surface area contributed by atoms with Gasteiger partial charge in [-0.05, 0) is 23.5 Å². The average molecular weight is 966 g/mol. The summed E-state index contributed by atoms with van der Waals surface area (Å²) in [5.74, 6) is -1.62. The quantitative estimate of drug-likeness (QED) is 0.0449. The maximum atomic E-state index is 12.7. The van der Waals surface area contributed by atoms with Crippen molar-refractivity contribution in [1.82, 2.24) is 40.5 Å². The molecule has 0 aliphatic carbocycles. The molecule has 63 heavy (non-hydrogen) atoms. The molecule has 2 unspecified atom stereocenters. The van der Waals surface area contributed by atoms with E-state index in [-0.39, 0.29) is 41.6 Å². The second kappa shape index (κ2) is 21.2. The molecule has 4 heterocycles. The number of H-pyrrole nitrogens is 1. The van der Waals surface area contributed by atoms with E-state index in [1.807, 2.05) is 30.5 Å². The third-order valence-corrected chi connectivity index (χ3v) is 12.9. The molecule has 26 nitrogen and oxygen atoms in total. The Morgan fingerprint density at radius 2 is 1.78 bits per heavy atom. The first-order valence-corrected chi connectivity index (χ1v) is 24.1. The number of fused-ring (bicyclic) bond motifs is 2. The number of aliphatic hydroxyl groups excluding tert-OH is 2. The van der Waals surface area contributed by atoms with Gasteiger partial charge in [0, 0.05) is 48.2 Å². The SMILES string of the molecule is CC(C)(COP(=O)(O)OP(=O)(O)OC[C@H]1O[C@@H](n2cnc3c(N)ncnc32)[C@H](O)[C@@H]1OP(=O)(O)O)[C@@H](O)C(=O)NCCC(=O)N/C=C/SCC(=O)NCCc1c[nH]c2ccccc12. The van der Waals surface area contributed by atoms with E-state index in [1.165, 1.54) is 25.5 Å². The van der Waals surface area contributed by atoms with Crippen molar-refractivity contribution >= 4 is 80.8 Å². The van der Waals surface area contributed by atoms with Gasteiger partial charge in [0.15, 0.2) is 17.7 Å². The van der Waals surface area contributed by atoms with E-state index in [2.05, 4.69) is 44.7 Å². The maximum Gasteiger partial charge on any atom is 0.481 e. The highest BCUT2D eigenvalue weighted by Crippen LogP contribution is 2.61. The van der Waals surface area contributed by atoms with Gasteiger partial charge in [-0.15, -0.1) is 11.8 Å². The summed E-state index contributed by atoms with van der Waals surface area (Å²) in [6, 6.07) is 7.85. The topological polar surface area (TPSA) is 391 Å². The number of nitrogens with zero attached hydrogens (tertiary/aromatic N) is 4. The molecule has 1 aromatic carbocycles. The van der Waals surface area contributed by atoms with Crippen LogP contribution in [0.3, 0.4) is 0 Å². The number of rotatable bonds is 23. The highest BCUT2D eigenvalue weighted by atomic mass is 32.2. The summed E-state index contributed by atoms with van der Waals surface area (Å²) in [5.41, 5.74) is 6.35. The molecular weight excluding hydrogens is 919 g/mol. The number of nitrogens with one attached hydrogen (secondary N) is 4. The number of amides is 3. The predicted octanol–water partition coefficient (Wildman–Crippen LogP) is 0.450. The minimum atomic E-state index is -5.58. The summed E-state index contributed by atoms with van der Waals surface area (Å²) >= 11 is 1.15. The van der Waals surface area contributed by atoms with E-state index in [1.54, 1.807) is 0 Å². The van der Waals surface area contributed by atoms with Crippen LogP contribution in [0.2, 0.25) is 0 Å². The fourth-order valence-corrected chi connectivity index (χ4v) is 9.29. The maximum absolute atomic E-state index is 12.7. The molecule has 0 bridgehead atoms. The number of aromatic nitrogens is 5. The first-order chi connectivity index (χ1) is 29.6. The average Bonchev–Trinajstić information content (AvgIpc) is 3.91. The Balaban J connectivity index is 1.00. The van der Waals surface area contributed by atoms with Crippen LogP contribution in [0.5, 0.6) is 0 Å². The van der Waals surface area contributed by atoms with E-state index < -0.39 is 84.6 Å². The summed E-state index contributed by atoms with van der Waals surface area (Å²) in [6.45, 7) is 0.678. The lowest BCUT2D eigenvalue weighted by Gasteiger charge is -2.30. The van der Waals surface area contributed by atoms with Crippen LogP contribution in [0.15, 0.2) is 54.7 Å². The highest BCUT2D eigenvalue weighted by molar-refractivity contribution is 8.02. The zero-order chi connectivity index (χ0) is 46.2. The van der Waals surface area contributed by atoms with E-state index >= 15 is 0 Å². The standard InChI is InChI=1S/C33H46N9O17P3S/c1-33(2,28(46)31(47)37-10-8-23(43)36-11-12-63-15-24(44)35-9-7-19-13-38-21-6-4-3-5-20(19)21)16-56-62(53,54)59-61(51,52)55-14-22-27(58-60(48,49)50)26(45)32(57-22)42-18-41-25-29(34)39-17-40-30(25)42/h3-6,11-13,17-18,22,26-28,32,38,45-46H,7-10,14-16H2,1-2H3,(H,35,44)(H,36,43)(H,37,47)(H,51,52)(H,53,54)(H2,34,39,40)(H2,48,49,50)/b12-11+/t22-,26-,27-,28+,32-/m1/s1. The lowest BCUT2D eigenvalue weighted by Crippen LogP contribution is -2.46. The number of benzene rings is 1. The molecule has 1 fully saturated rings. The zero-order valence-corrected chi connectivity index (χ0v) is 36.8. The number of nitrogen functional groups attached to an aromatic ring is 1. The molecular formula is C33H46N9O17P3S. The summed E-state index contributed by atoms with van der Waals surface area (Å²) in [7, 11) is -16.4. The molecule has 4 aromatic rings. The highest BCUT2D eigenvalue weighted by Gasteiger charge is 2.50. The number of hydrogen-bond acceptors (Lipinski definition) is 18. The van der Waals surface area contributed by atoms with Crippen molar-refractivity contribution < 1.29 is 80.5 Å². The Hall–Kier alpha value is -4.14. The number of imidazole rings is 1. The van der Waals surface area contributed by atoms with Gasteiger partial charge in [0.2, 0.25) is 17.7 Å². The van der Waals surface area contributed by atoms with E-state index in [0.29, 0.717) is 13.0 Å². The molecule has 3 amide bonds. The number of anilines is 1. The molecule has 0 spiro atoms. The number of hydrogen-bond donors (Lipinski definition) is 11. The second-order valence-corrected chi connectivity index (χ2v) is 19.5. The smallest absolute Gasteiger partial charge is 0.386 e. The Morgan fingerprint density at radius 3 is 2.52 bits per heavy atom. The van der Waals surface area contributed by atoms with Gasteiger partial charge in [0.25, 0.3) is 0 Å². The molecule has 12 N–H and O–H groups in total. The number of phosphoric ester groups is 3.